The Kier molecular flexibility index (Phi) is 4.03. The van der Waals surface area contributed by atoms with Crippen molar-refractivity contribution in [1.82, 2.24) is 19.6 Å². The van der Waals surface area contributed by atoms with Crippen LogP contribution in [-0.4, -0.2) is 42.8 Å². The smallest absolute Gasteiger partial charge is 0.354 e. The van der Waals surface area contributed by atoms with Crippen LogP contribution in [0.25, 0.3) is 5.82 Å². The van der Waals surface area contributed by atoms with Crippen LogP contribution in [0.2, 0.25) is 0 Å². The molecule has 0 radical (unpaired) electrons. The fraction of sp³-hybridized carbons (Fsp3) is 0.571. The molecule has 0 aromatic carbocycles. The van der Waals surface area contributed by atoms with E-state index in [-0.39, 0.29) is 30.7 Å². The van der Waals surface area contributed by atoms with Crippen molar-refractivity contribution >= 4 is 5.69 Å². The molecule has 124 valence electrons. The normalized spacial score (nSPS) is 14.2. The van der Waals surface area contributed by atoms with Crippen molar-refractivity contribution in [3.8, 4) is 11.7 Å². The molecule has 0 saturated heterocycles. The van der Waals surface area contributed by atoms with E-state index in [2.05, 4.69) is 10.2 Å². The zero-order valence-electron chi connectivity index (χ0n) is 13.1. The molecule has 9 nitrogen and oxygen atoms in total. The van der Waals surface area contributed by atoms with Crippen molar-refractivity contribution in [2.45, 2.75) is 32.1 Å². The molecule has 2 aromatic rings. The average molecular weight is 321 g/mol. The van der Waals surface area contributed by atoms with Gasteiger partial charge in [-0.15, -0.1) is 5.10 Å². The highest BCUT2D eigenvalue weighted by Gasteiger charge is 2.40. The number of rotatable bonds is 7. The fourth-order valence-corrected chi connectivity index (χ4v) is 2.60. The predicted octanol–water partition coefficient (Wildman–Crippen LogP) is 1.46. The minimum Gasteiger partial charge on any atom is -0.472 e. The Morgan fingerprint density at radius 1 is 1.48 bits per heavy atom. The Labute approximate surface area is 132 Å². The van der Waals surface area contributed by atoms with Gasteiger partial charge in [-0.05, 0) is 19.8 Å². The standard InChI is InChI=1S/C14H19N5O4/c1-9-8-11(17(2)15-9)18-12(10-4-5-10)13(19(21)22)14(16-18)23-7-3-6-20/h8,10,20H,3-7H2,1-2H3. The van der Waals surface area contributed by atoms with Gasteiger partial charge in [-0.1, -0.05) is 0 Å². The van der Waals surface area contributed by atoms with Crippen LogP contribution >= 0.6 is 0 Å². The van der Waals surface area contributed by atoms with E-state index in [1.807, 2.05) is 13.0 Å². The number of nitro groups is 1. The van der Waals surface area contributed by atoms with Crippen LogP contribution in [0.3, 0.4) is 0 Å². The van der Waals surface area contributed by atoms with Crippen LogP contribution in [0.5, 0.6) is 5.88 Å². The summed E-state index contributed by atoms with van der Waals surface area (Å²) in [4.78, 5) is 11.1. The van der Waals surface area contributed by atoms with Crippen LogP contribution in [-0.2, 0) is 7.05 Å². The minimum atomic E-state index is -0.436. The first-order valence-corrected chi connectivity index (χ1v) is 7.55. The third-order valence-electron chi connectivity index (χ3n) is 3.75. The Morgan fingerprint density at radius 2 is 2.22 bits per heavy atom. The molecular weight excluding hydrogens is 302 g/mol. The molecule has 1 N–H and O–H groups in total. The second-order valence-electron chi connectivity index (χ2n) is 5.68. The Bertz CT molecular complexity index is 732. The Balaban J connectivity index is 2.09. The summed E-state index contributed by atoms with van der Waals surface area (Å²) < 4.78 is 8.66. The van der Waals surface area contributed by atoms with E-state index in [0.717, 1.165) is 18.5 Å². The molecule has 1 fully saturated rings. The molecule has 0 bridgehead atoms. The topological polar surface area (TPSA) is 108 Å². The molecular formula is C14H19N5O4. The summed E-state index contributed by atoms with van der Waals surface area (Å²) in [7, 11) is 1.78. The first-order valence-electron chi connectivity index (χ1n) is 7.55. The number of aryl methyl sites for hydroxylation is 2. The van der Waals surface area contributed by atoms with E-state index in [0.29, 0.717) is 17.9 Å². The summed E-state index contributed by atoms with van der Waals surface area (Å²) in [6, 6.07) is 1.83. The van der Waals surface area contributed by atoms with Crippen LogP contribution in [0.4, 0.5) is 5.69 Å². The van der Waals surface area contributed by atoms with Gasteiger partial charge in [0.25, 0.3) is 0 Å². The maximum Gasteiger partial charge on any atom is 0.354 e. The lowest BCUT2D eigenvalue weighted by Crippen LogP contribution is -2.08. The van der Waals surface area contributed by atoms with E-state index in [1.165, 1.54) is 0 Å². The molecule has 0 atom stereocenters. The number of aliphatic hydroxyl groups excluding tert-OH is 1. The number of nitrogens with zero attached hydrogens (tertiary/aromatic N) is 5. The summed E-state index contributed by atoms with van der Waals surface area (Å²) in [5.74, 6) is 0.794. The maximum absolute atomic E-state index is 11.5. The molecule has 0 spiro atoms. The highest BCUT2D eigenvalue weighted by molar-refractivity contribution is 5.52. The lowest BCUT2D eigenvalue weighted by Gasteiger charge is -2.04. The molecule has 0 amide bonds. The van der Waals surface area contributed by atoms with E-state index in [1.54, 1.807) is 16.4 Å². The lowest BCUT2D eigenvalue weighted by atomic mass is 10.2. The molecule has 0 aliphatic heterocycles. The van der Waals surface area contributed by atoms with Crippen molar-refractivity contribution in [2.24, 2.45) is 7.05 Å². The first-order chi connectivity index (χ1) is 11.0. The third kappa shape index (κ3) is 2.91. The summed E-state index contributed by atoms with van der Waals surface area (Å²) in [6.45, 7) is 2.00. The molecule has 0 unspecified atom stereocenters. The summed E-state index contributed by atoms with van der Waals surface area (Å²) >= 11 is 0. The number of ether oxygens (including phenoxy) is 1. The average Bonchev–Trinajstić information content (AvgIpc) is 3.17. The van der Waals surface area contributed by atoms with Crippen LogP contribution in [0.15, 0.2) is 6.07 Å². The zero-order chi connectivity index (χ0) is 16.6. The van der Waals surface area contributed by atoms with Gasteiger partial charge in [-0.25, -0.2) is 4.68 Å². The monoisotopic (exact) mass is 321 g/mol. The molecule has 23 heavy (non-hydrogen) atoms. The molecule has 9 heteroatoms. The second-order valence-corrected chi connectivity index (χ2v) is 5.68. The highest BCUT2D eigenvalue weighted by atomic mass is 16.6. The van der Waals surface area contributed by atoms with Crippen LogP contribution in [0, 0.1) is 17.0 Å². The van der Waals surface area contributed by atoms with E-state index in [4.69, 9.17) is 9.84 Å². The van der Waals surface area contributed by atoms with Gasteiger partial charge in [0.05, 0.1) is 17.2 Å². The largest absolute Gasteiger partial charge is 0.472 e. The van der Waals surface area contributed by atoms with Gasteiger partial charge in [0.2, 0.25) is 0 Å². The predicted molar refractivity (Wildman–Crippen MR) is 80.9 cm³/mol. The lowest BCUT2D eigenvalue weighted by molar-refractivity contribution is -0.386. The van der Waals surface area contributed by atoms with Crippen molar-refractivity contribution in [3.05, 3.63) is 27.6 Å². The van der Waals surface area contributed by atoms with E-state index < -0.39 is 4.92 Å². The Hall–Kier alpha value is -2.42. The van der Waals surface area contributed by atoms with Gasteiger partial charge >= 0.3 is 11.6 Å². The summed E-state index contributed by atoms with van der Waals surface area (Å²) in [5, 5.41) is 29.0. The Morgan fingerprint density at radius 3 is 2.74 bits per heavy atom. The summed E-state index contributed by atoms with van der Waals surface area (Å²) in [5.41, 5.74) is 1.30. The molecule has 2 aromatic heterocycles. The summed E-state index contributed by atoms with van der Waals surface area (Å²) in [6.07, 6.45) is 2.20. The number of hydrogen-bond acceptors (Lipinski definition) is 6. The van der Waals surface area contributed by atoms with Gasteiger partial charge in [-0.3, -0.25) is 14.8 Å². The first kappa shape index (κ1) is 15.5. The van der Waals surface area contributed by atoms with Crippen molar-refractivity contribution in [3.63, 3.8) is 0 Å². The molecule has 2 heterocycles. The fourth-order valence-electron chi connectivity index (χ4n) is 2.60. The number of hydrogen-bond donors (Lipinski definition) is 1. The zero-order valence-corrected chi connectivity index (χ0v) is 13.1. The van der Waals surface area contributed by atoms with Gasteiger partial charge < -0.3 is 9.84 Å². The number of aliphatic hydroxyl groups is 1. The van der Waals surface area contributed by atoms with Crippen LogP contribution in [0.1, 0.15) is 36.6 Å². The van der Waals surface area contributed by atoms with Gasteiger partial charge in [0.1, 0.15) is 5.69 Å². The molecule has 1 aliphatic rings. The van der Waals surface area contributed by atoms with E-state index in [9.17, 15) is 10.1 Å². The third-order valence-corrected chi connectivity index (χ3v) is 3.75. The van der Waals surface area contributed by atoms with Gasteiger partial charge in [0, 0.05) is 32.1 Å². The van der Waals surface area contributed by atoms with Gasteiger partial charge in [-0.2, -0.15) is 5.10 Å². The second kappa shape index (κ2) is 5.99. The van der Waals surface area contributed by atoms with Crippen LogP contribution < -0.4 is 4.74 Å². The molecule has 1 aliphatic carbocycles. The van der Waals surface area contributed by atoms with Gasteiger partial charge in [0.15, 0.2) is 5.82 Å². The maximum atomic E-state index is 11.5. The quantitative estimate of drug-likeness (QED) is 0.470. The van der Waals surface area contributed by atoms with Crippen molar-refractivity contribution in [2.75, 3.05) is 13.2 Å². The molecule has 1 saturated carbocycles. The van der Waals surface area contributed by atoms with Crippen molar-refractivity contribution < 1.29 is 14.8 Å². The van der Waals surface area contributed by atoms with Crippen molar-refractivity contribution in [1.29, 1.82) is 0 Å². The highest BCUT2D eigenvalue weighted by Crippen LogP contribution is 2.48. The SMILES string of the molecule is Cc1cc(-n2nc(OCCCO)c([N+](=O)[O-])c2C2CC2)n(C)n1. The minimum absolute atomic E-state index is 0.00389. The van der Waals surface area contributed by atoms with E-state index >= 15 is 0 Å². The number of aromatic nitrogens is 4. The molecule has 3 rings (SSSR count).